The van der Waals surface area contributed by atoms with Crippen molar-refractivity contribution in [3.63, 3.8) is 0 Å². The van der Waals surface area contributed by atoms with Gasteiger partial charge in [0.05, 0.1) is 6.54 Å². The average molecular weight is 343 g/mol. The molecule has 2 N–H and O–H groups in total. The predicted molar refractivity (Wildman–Crippen MR) is 84.1 cm³/mol. The van der Waals surface area contributed by atoms with Crippen LogP contribution in [0.25, 0.3) is 0 Å². The van der Waals surface area contributed by atoms with Crippen molar-refractivity contribution >= 4 is 24.0 Å². The van der Waals surface area contributed by atoms with Gasteiger partial charge in [-0.3, -0.25) is 14.5 Å². The average Bonchev–Trinajstić information content (AvgIpc) is 2.36. The zero-order valence-corrected chi connectivity index (χ0v) is 14.9. The molecule has 24 heavy (non-hydrogen) atoms. The third-order valence-corrected chi connectivity index (χ3v) is 2.67. The van der Waals surface area contributed by atoms with Gasteiger partial charge in [-0.1, -0.05) is 0 Å². The minimum absolute atomic E-state index is 0.0121. The summed E-state index contributed by atoms with van der Waals surface area (Å²) in [4.78, 5) is 47.6. The molecule has 1 atom stereocenters. The highest BCUT2D eigenvalue weighted by Gasteiger charge is 2.42. The highest BCUT2D eigenvalue weighted by atomic mass is 16.6. The number of urea groups is 1. The number of esters is 1. The standard InChI is InChI=1S/C15H25N3O6/c1-14(2,3)23-10(19)7-16-12(21)18-8-9(11(18)20)17-13(22)24-15(4,5)6/h9H,7-8H2,1-6H3,(H,16,21)(H,17,22)/t9-/m0/s1. The lowest BCUT2D eigenvalue weighted by molar-refractivity contribution is -0.153. The molecular formula is C15H25N3O6. The number of hydrogen-bond acceptors (Lipinski definition) is 6. The molecule has 4 amide bonds. The minimum Gasteiger partial charge on any atom is -0.459 e. The summed E-state index contributed by atoms with van der Waals surface area (Å²) in [6.07, 6.45) is -0.727. The second kappa shape index (κ2) is 7.06. The van der Waals surface area contributed by atoms with Crippen molar-refractivity contribution < 1.29 is 28.7 Å². The van der Waals surface area contributed by atoms with Crippen molar-refractivity contribution in [2.75, 3.05) is 13.1 Å². The molecule has 9 heteroatoms. The fourth-order valence-electron chi connectivity index (χ4n) is 1.79. The van der Waals surface area contributed by atoms with Gasteiger partial charge in [-0.25, -0.2) is 9.59 Å². The molecule has 1 rings (SSSR count). The molecule has 1 fully saturated rings. The van der Waals surface area contributed by atoms with Crippen molar-refractivity contribution in [3.05, 3.63) is 0 Å². The van der Waals surface area contributed by atoms with Crippen molar-refractivity contribution in [2.45, 2.75) is 58.8 Å². The minimum atomic E-state index is -0.813. The zero-order valence-electron chi connectivity index (χ0n) is 14.9. The summed E-state index contributed by atoms with van der Waals surface area (Å²) >= 11 is 0. The molecule has 0 aromatic heterocycles. The molecule has 1 aliphatic heterocycles. The fourth-order valence-corrected chi connectivity index (χ4v) is 1.79. The Labute approximate surface area is 141 Å². The molecule has 1 aliphatic rings. The number of imide groups is 1. The quantitative estimate of drug-likeness (QED) is 0.578. The van der Waals surface area contributed by atoms with Crippen molar-refractivity contribution in [1.29, 1.82) is 0 Å². The van der Waals surface area contributed by atoms with Gasteiger partial charge in [0.2, 0.25) is 0 Å². The van der Waals surface area contributed by atoms with Crippen LogP contribution in [0.1, 0.15) is 41.5 Å². The van der Waals surface area contributed by atoms with Gasteiger partial charge in [-0.2, -0.15) is 0 Å². The van der Waals surface area contributed by atoms with Gasteiger partial charge >= 0.3 is 18.1 Å². The third kappa shape index (κ3) is 6.43. The molecule has 1 heterocycles. The summed E-state index contributed by atoms with van der Waals surface area (Å²) < 4.78 is 10.1. The van der Waals surface area contributed by atoms with E-state index in [0.29, 0.717) is 0 Å². The SMILES string of the molecule is CC(C)(C)OC(=O)CNC(=O)N1C[C@H](NC(=O)OC(C)(C)C)C1=O. The molecule has 9 nitrogen and oxygen atoms in total. The van der Waals surface area contributed by atoms with Crippen LogP contribution in [-0.2, 0) is 19.1 Å². The summed E-state index contributed by atoms with van der Waals surface area (Å²) in [7, 11) is 0. The molecule has 0 aromatic rings. The van der Waals surface area contributed by atoms with E-state index in [1.807, 2.05) is 0 Å². The number of nitrogens with zero attached hydrogens (tertiary/aromatic N) is 1. The monoisotopic (exact) mass is 343 g/mol. The molecule has 0 radical (unpaired) electrons. The van der Waals surface area contributed by atoms with E-state index in [2.05, 4.69) is 10.6 Å². The molecule has 0 saturated carbocycles. The molecule has 1 saturated heterocycles. The number of hydrogen-bond donors (Lipinski definition) is 2. The van der Waals surface area contributed by atoms with Crippen LogP contribution in [0.5, 0.6) is 0 Å². The van der Waals surface area contributed by atoms with Crippen LogP contribution in [-0.4, -0.2) is 59.2 Å². The summed E-state index contributed by atoms with van der Waals surface area (Å²) in [5.41, 5.74) is -1.34. The number of rotatable bonds is 3. The number of carbonyl (C=O) groups is 4. The molecule has 0 aromatic carbocycles. The highest BCUT2D eigenvalue weighted by Crippen LogP contribution is 2.13. The Morgan fingerprint density at radius 2 is 1.62 bits per heavy atom. The molecule has 0 bridgehead atoms. The third-order valence-electron chi connectivity index (χ3n) is 2.67. The lowest BCUT2D eigenvalue weighted by atomic mass is 10.1. The number of β-lactam (4-membered cyclic amide) rings is 1. The predicted octanol–water partition coefficient (Wildman–Crippen LogP) is 0.773. The van der Waals surface area contributed by atoms with E-state index in [-0.39, 0.29) is 13.1 Å². The summed E-state index contributed by atoms with van der Waals surface area (Å²) in [5.74, 6) is -1.17. The van der Waals surface area contributed by atoms with E-state index >= 15 is 0 Å². The van der Waals surface area contributed by atoms with E-state index in [0.717, 1.165) is 4.90 Å². The van der Waals surface area contributed by atoms with Crippen molar-refractivity contribution in [1.82, 2.24) is 15.5 Å². The Hall–Kier alpha value is -2.32. The van der Waals surface area contributed by atoms with E-state index in [9.17, 15) is 19.2 Å². The van der Waals surface area contributed by atoms with Gasteiger partial charge in [-0.05, 0) is 41.5 Å². The Morgan fingerprint density at radius 3 is 2.08 bits per heavy atom. The van der Waals surface area contributed by atoms with Crippen molar-refractivity contribution in [3.8, 4) is 0 Å². The maximum absolute atomic E-state index is 11.9. The van der Waals surface area contributed by atoms with E-state index in [1.165, 1.54) is 0 Å². The summed E-state index contributed by atoms with van der Waals surface area (Å²) in [6, 6.07) is -1.53. The number of nitrogens with one attached hydrogen (secondary N) is 2. The molecule has 136 valence electrons. The van der Waals surface area contributed by atoms with E-state index < -0.39 is 41.2 Å². The topological polar surface area (TPSA) is 114 Å². The van der Waals surface area contributed by atoms with Gasteiger partial charge in [0.1, 0.15) is 23.8 Å². The number of ether oxygens (including phenoxy) is 2. The maximum atomic E-state index is 11.9. The summed E-state index contributed by atoms with van der Waals surface area (Å²) in [6.45, 7) is 9.89. The number of likely N-dealkylation sites (tertiary alicyclic amines) is 1. The number of alkyl carbamates (subject to hydrolysis) is 1. The second-order valence-electron chi connectivity index (χ2n) is 7.39. The van der Waals surface area contributed by atoms with Crippen LogP contribution in [0, 0.1) is 0 Å². The smallest absolute Gasteiger partial charge is 0.408 e. The first-order valence-corrected chi connectivity index (χ1v) is 7.59. The maximum Gasteiger partial charge on any atom is 0.408 e. The zero-order chi connectivity index (χ0) is 18.7. The first kappa shape index (κ1) is 19.7. The second-order valence-corrected chi connectivity index (χ2v) is 7.39. The molecular weight excluding hydrogens is 318 g/mol. The van der Waals surface area contributed by atoms with E-state index in [4.69, 9.17) is 9.47 Å². The van der Waals surface area contributed by atoms with Gasteiger partial charge in [0.25, 0.3) is 5.91 Å². The Kier molecular flexibility index (Phi) is 5.80. The van der Waals surface area contributed by atoms with Gasteiger partial charge < -0.3 is 20.1 Å². The van der Waals surface area contributed by atoms with Crippen LogP contribution < -0.4 is 10.6 Å². The fraction of sp³-hybridized carbons (Fsp3) is 0.733. The first-order chi connectivity index (χ1) is 10.8. The van der Waals surface area contributed by atoms with Crippen molar-refractivity contribution in [2.24, 2.45) is 0 Å². The molecule has 0 unspecified atom stereocenters. The largest absolute Gasteiger partial charge is 0.459 e. The van der Waals surface area contributed by atoms with Gasteiger partial charge in [0, 0.05) is 0 Å². The lowest BCUT2D eigenvalue weighted by Crippen LogP contribution is -2.67. The lowest BCUT2D eigenvalue weighted by Gasteiger charge is -2.36. The Morgan fingerprint density at radius 1 is 1.08 bits per heavy atom. The van der Waals surface area contributed by atoms with E-state index in [1.54, 1.807) is 41.5 Å². The van der Waals surface area contributed by atoms with Crippen LogP contribution in [0.15, 0.2) is 0 Å². The van der Waals surface area contributed by atoms with Crippen LogP contribution >= 0.6 is 0 Å². The molecule has 0 spiro atoms. The normalized spacial score (nSPS) is 17.7. The highest BCUT2D eigenvalue weighted by molar-refractivity contribution is 6.03. The van der Waals surface area contributed by atoms with Gasteiger partial charge in [-0.15, -0.1) is 0 Å². The van der Waals surface area contributed by atoms with Crippen LogP contribution in [0.3, 0.4) is 0 Å². The van der Waals surface area contributed by atoms with Crippen LogP contribution in [0.4, 0.5) is 9.59 Å². The Bertz CT molecular complexity index is 524. The van der Waals surface area contributed by atoms with Crippen LogP contribution in [0.2, 0.25) is 0 Å². The number of carbonyl (C=O) groups excluding carboxylic acids is 4. The Balaban J connectivity index is 2.36. The first-order valence-electron chi connectivity index (χ1n) is 7.59. The molecule has 0 aliphatic carbocycles. The number of amides is 4. The summed E-state index contributed by atoms with van der Waals surface area (Å²) in [5, 5.41) is 4.68. The van der Waals surface area contributed by atoms with Gasteiger partial charge in [0.15, 0.2) is 0 Å².